The summed E-state index contributed by atoms with van der Waals surface area (Å²) in [6.45, 7) is 2.45. The molecule has 5 rings (SSSR count). The van der Waals surface area contributed by atoms with E-state index in [1.165, 1.54) is 11.1 Å². The number of nitrogens with one attached hydrogen (secondary N) is 1. The van der Waals surface area contributed by atoms with E-state index in [-0.39, 0.29) is 25.5 Å². The van der Waals surface area contributed by atoms with E-state index < -0.39 is 18.3 Å². The standard InChI is InChI=1S/C30H29NO4/c1-19-14-15-26(21-9-3-2-8-20(19)21)29(33)28(32)16-17-31-30(34)35-18-27-24-12-6-4-10-22(24)23-11-5-7-13-25(23)27/h2-15,27-29,32-33H,16-18H2,1H3,(H,31,34). The fourth-order valence-corrected chi connectivity index (χ4v) is 5.07. The van der Waals surface area contributed by atoms with E-state index in [9.17, 15) is 15.0 Å². The maximum Gasteiger partial charge on any atom is 0.407 e. The van der Waals surface area contributed by atoms with Crippen LogP contribution in [0.4, 0.5) is 4.79 Å². The number of rotatable bonds is 7. The van der Waals surface area contributed by atoms with Crippen LogP contribution in [-0.2, 0) is 4.74 Å². The van der Waals surface area contributed by atoms with Crippen molar-refractivity contribution >= 4 is 16.9 Å². The Balaban J connectivity index is 1.16. The van der Waals surface area contributed by atoms with E-state index in [0.29, 0.717) is 5.56 Å². The van der Waals surface area contributed by atoms with Crippen LogP contribution in [-0.4, -0.2) is 35.6 Å². The number of ether oxygens (including phenoxy) is 1. The van der Waals surface area contributed by atoms with Crippen LogP contribution in [0, 0.1) is 6.92 Å². The highest BCUT2D eigenvalue weighted by molar-refractivity contribution is 5.88. The third kappa shape index (κ3) is 4.53. The third-order valence-corrected chi connectivity index (χ3v) is 6.91. The van der Waals surface area contributed by atoms with E-state index >= 15 is 0 Å². The van der Waals surface area contributed by atoms with Gasteiger partial charge in [0.1, 0.15) is 12.7 Å². The molecule has 0 aromatic heterocycles. The lowest BCUT2D eigenvalue weighted by Gasteiger charge is -2.21. The Kier molecular flexibility index (Phi) is 6.53. The van der Waals surface area contributed by atoms with E-state index in [4.69, 9.17) is 4.74 Å². The van der Waals surface area contributed by atoms with Crippen molar-refractivity contribution < 1.29 is 19.7 Å². The van der Waals surface area contributed by atoms with Crippen LogP contribution >= 0.6 is 0 Å². The van der Waals surface area contributed by atoms with Gasteiger partial charge in [0.25, 0.3) is 0 Å². The molecule has 35 heavy (non-hydrogen) atoms. The highest BCUT2D eigenvalue weighted by Gasteiger charge is 2.29. The second-order valence-corrected chi connectivity index (χ2v) is 9.07. The fourth-order valence-electron chi connectivity index (χ4n) is 5.07. The van der Waals surface area contributed by atoms with Crippen molar-refractivity contribution in [3.05, 3.63) is 107 Å². The number of amides is 1. The van der Waals surface area contributed by atoms with Gasteiger partial charge in [0, 0.05) is 12.5 Å². The molecule has 0 aliphatic heterocycles. The van der Waals surface area contributed by atoms with E-state index in [1.54, 1.807) is 0 Å². The summed E-state index contributed by atoms with van der Waals surface area (Å²) in [7, 11) is 0. The minimum atomic E-state index is -1.05. The number of aliphatic hydroxyl groups is 2. The van der Waals surface area contributed by atoms with Gasteiger partial charge >= 0.3 is 6.09 Å². The van der Waals surface area contributed by atoms with Crippen LogP contribution in [0.25, 0.3) is 21.9 Å². The number of carbonyl (C=O) groups is 1. The van der Waals surface area contributed by atoms with Gasteiger partial charge in [0.2, 0.25) is 0 Å². The Labute approximate surface area is 205 Å². The van der Waals surface area contributed by atoms with Gasteiger partial charge in [-0.05, 0) is 57.5 Å². The molecule has 1 amide bonds. The SMILES string of the molecule is Cc1ccc(C(O)C(O)CCNC(=O)OCC2c3ccccc3-c3ccccc32)c2ccccc12. The predicted molar refractivity (Wildman–Crippen MR) is 137 cm³/mol. The molecule has 2 atom stereocenters. The normalized spacial score (nSPS) is 14.3. The van der Waals surface area contributed by atoms with Crippen molar-refractivity contribution in [1.29, 1.82) is 0 Å². The minimum absolute atomic E-state index is 0.00428. The number of fused-ring (bicyclic) bond motifs is 4. The summed E-state index contributed by atoms with van der Waals surface area (Å²) < 4.78 is 5.54. The average molecular weight is 468 g/mol. The summed E-state index contributed by atoms with van der Waals surface area (Å²) in [4.78, 5) is 12.4. The maximum absolute atomic E-state index is 12.4. The van der Waals surface area contributed by atoms with Crippen LogP contribution < -0.4 is 5.32 Å². The summed E-state index contributed by atoms with van der Waals surface area (Å²) in [6.07, 6.45) is -2.40. The Hall–Kier alpha value is -3.67. The molecule has 4 aromatic rings. The van der Waals surface area contributed by atoms with Gasteiger partial charge in [-0.25, -0.2) is 4.79 Å². The lowest BCUT2D eigenvalue weighted by atomic mass is 9.94. The van der Waals surface area contributed by atoms with Crippen LogP contribution in [0.2, 0.25) is 0 Å². The van der Waals surface area contributed by atoms with Gasteiger partial charge in [-0.2, -0.15) is 0 Å². The summed E-state index contributed by atoms with van der Waals surface area (Å²) in [5.41, 5.74) is 6.47. The van der Waals surface area contributed by atoms with Crippen molar-refractivity contribution in [3.63, 3.8) is 0 Å². The Morgan fingerprint density at radius 3 is 2.14 bits per heavy atom. The molecule has 0 saturated heterocycles. The van der Waals surface area contributed by atoms with E-state index in [1.807, 2.05) is 67.6 Å². The molecule has 0 bridgehead atoms. The molecule has 1 aliphatic carbocycles. The number of benzene rings is 4. The summed E-state index contributed by atoms with van der Waals surface area (Å²) in [5.74, 6) is -0.00428. The van der Waals surface area contributed by atoms with Crippen molar-refractivity contribution in [3.8, 4) is 11.1 Å². The smallest absolute Gasteiger partial charge is 0.407 e. The summed E-state index contributed by atoms with van der Waals surface area (Å²) in [5, 5.41) is 26.0. The molecule has 2 unspecified atom stereocenters. The first kappa shape index (κ1) is 23.1. The monoisotopic (exact) mass is 467 g/mol. The first-order valence-electron chi connectivity index (χ1n) is 12.0. The number of alkyl carbamates (subject to hydrolysis) is 1. The Morgan fingerprint density at radius 2 is 1.46 bits per heavy atom. The van der Waals surface area contributed by atoms with Gasteiger partial charge in [-0.3, -0.25) is 0 Å². The van der Waals surface area contributed by atoms with Gasteiger partial charge < -0.3 is 20.3 Å². The molecule has 178 valence electrons. The first-order chi connectivity index (χ1) is 17.0. The molecule has 0 heterocycles. The van der Waals surface area contributed by atoms with Crippen molar-refractivity contribution in [1.82, 2.24) is 5.32 Å². The Bertz CT molecular complexity index is 1320. The van der Waals surface area contributed by atoms with Gasteiger partial charge in [-0.15, -0.1) is 0 Å². The second-order valence-electron chi connectivity index (χ2n) is 9.07. The highest BCUT2D eigenvalue weighted by Crippen LogP contribution is 2.44. The van der Waals surface area contributed by atoms with E-state index in [0.717, 1.165) is 27.5 Å². The zero-order valence-electron chi connectivity index (χ0n) is 19.6. The molecule has 1 aliphatic rings. The lowest BCUT2D eigenvalue weighted by molar-refractivity contribution is 0.0145. The average Bonchev–Trinajstić information content (AvgIpc) is 3.21. The van der Waals surface area contributed by atoms with Gasteiger partial charge in [0.05, 0.1) is 6.10 Å². The molecule has 5 heteroatoms. The lowest BCUT2D eigenvalue weighted by Crippen LogP contribution is -2.30. The van der Waals surface area contributed by atoms with Gasteiger partial charge in [0.15, 0.2) is 0 Å². The largest absolute Gasteiger partial charge is 0.449 e. The number of aliphatic hydroxyl groups excluding tert-OH is 2. The zero-order valence-corrected chi connectivity index (χ0v) is 19.6. The molecule has 0 saturated carbocycles. The molecule has 5 nitrogen and oxygen atoms in total. The number of aryl methyl sites for hydroxylation is 1. The minimum Gasteiger partial charge on any atom is -0.449 e. The number of carbonyl (C=O) groups excluding carboxylic acids is 1. The quantitative estimate of drug-likeness (QED) is 0.337. The van der Waals surface area contributed by atoms with Crippen LogP contribution in [0.15, 0.2) is 84.9 Å². The second kappa shape index (κ2) is 9.90. The van der Waals surface area contributed by atoms with Crippen LogP contribution in [0.5, 0.6) is 0 Å². The molecule has 0 fully saturated rings. The highest BCUT2D eigenvalue weighted by atomic mass is 16.5. The van der Waals surface area contributed by atoms with E-state index in [2.05, 4.69) is 29.6 Å². The fraction of sp³-hybridized carbons (Fsp3) is 0.233. The maximum atomic E-state index is 12.4. The van der Waals surface area contributed by atoms with Crippen LogP contribution in [0.1, 0.15) is 40.7 Å². The number of hydrogen-bond donors (Lipinski definition) is 3. The molecule has 0 radical (unpaired) electrons. The van der Waals surface area contributed by atoms with Crippen molar-refractivity contribution in [2.24, 2.45) is 0 Å². The third-order valence-electron chi connectivity index (χ3n) is 6.91. The topological polar surface area (TPSA) is 78.8 Å². The number of hydrogen-bond acceptors (Lipinski definition) is 4. The molecular weight excluding hydrogens is 438 g/mol. The van der Waals surface area contributed by atoms with Gasteiger partial charge in [-0.1, -0.05) is 84.9 Å². The van der Waals surface area contributed by atoms with Crippen molar-refractivity contribution in [2.75, 3.05) is 13.2 Å². The Morgan fingerprint density at radius 1 is 0.857 bits per heavy atom. The zero-order chi connectivity index (χ0) is 24.4. The molecular formula is C30H29NO4. The van der Waals surface area contributed by atoms with Crippen LogP contribution in [0.3, 0.4) is 0 Å². The summed E-state index contributed by atoms with van der Waals surface area (Å²) >= 11 is 0. The molecule has 4 aromatic carbocycles. The van der Waals surface area contributed by atoms with Crippen molar-refractivity contribution in [2.45, 2.75) is 31.5 Å². The first-order valence-corrected chi connectivity index (χ1v) is 12.0. The molecule has 3 N–H and O–H groups in total. The predicted octanol–water partition coefficient (Wildman–Crippen LogP) is 5.47. The summed E-state index contributed by atoms with van der Waals surface area (Å²) in [6, 6.07) is 28.0. The molecule has 0 spiro atoms.